The number of nitrogens with zero attached hydrogens (tertiary/aromatic N) is 2. The molecule has 0 unspecified atom stereocenters. The summed E-state index contributed by atoms with van der Waals surface area (Å²) in [6.45, 7) is 14.7. The van der Waals surface area contributed by atoms with Crippen molar-refractivity contribution in [1.82, 2.24) is 14.9 Å². The highest BCUT2D eigenvalue weighted by Crippen LogP contribution is 2.46. The molecule has 11 heteroatoms. The summed E-state index contributed by atoms with van der Waals surface area (Å²) < 4.78 is 12.4. The molecule has 0 bridgehead atoms. The molecule has 3 aliphatic rings. The van der Waals surface area contributed by atoms with Crippen molar-refractivity contribution < 1.29 is 14.1 Å². The predicted octanol–water partition coefficient (Wildman–Crippen LogP) is 5.95. The van der Waals surface area contributed by atoms with E-state index in [0.717, 1.165) is 35.4 Å². The number of hydrogen-bond donors (Lipinski definition) is 1. The third-order valence-corrected chi connectivity index (χ3v) is 9.39. The van der Waals surface area contributed by atoms with E-state index in [-0.39, 0.29) is 90.2 Å². The van der Waals surface area contributed by atoms with Crippen molar-refractivity contribution in [3.05, 3.63) is 36.3 Å². The molecule has 2 saturated heterocycles. The number of likely N-dealkylation sites (tertiary alicyclic amines) is 1. The Kier molecular flexibility index (Phi) is 13.2. The van der Waals surface area contributed by atoms with Crippen molar-refractivity contribution in [2.24, 2.45) is 17.8 Å². The third-order valence-electron chi connectivity index (χ3n) is 9.39. The lowest BCUT2D eigenvalue weighted by molar-refractivity contribution is -0.140. The summed E-state index contributed by atoms with van der Waals surface area (Å²) >= 11 is 0. The summed E-state index contributed by atoms with van der Waals surface area (Å²) in [6, 6.07) is 8.71. The smallest absolute Gasteiger partial charge is 0.399 e. The zero-order valence-electron chi connectivity index (χ0n) is 25.0. The maximum atomic E-state index is 13.6. The maximum absolute atomic E-state index is 13.6. The molecule has 2 aromatic rings. The number of fused-ring (bicyclic) bond motifs is 1. The van der Waals surface area contributed by atoms with Gasteiger partial charge < -0.3 is 19.2 Å². The molecule has 5 rings (SSSR count). The Balaban J connectivity index is 0.00000200. The van der Waals surface area contributed by atoms with Gasteiger partial charge in [-0.15, -0.1) is 0 Å². The van der Waals surface area contributed by atoms with E-state index in [0.29, 0.717) is 17.9 Å². The molecule has 2 aliphatic heterocycles. The van der Waals surface area contributed by atoms with Gasteiger partial charge in [0.1, 0.15) is 5.82 Å². The lowest BCUT2D eigenvalue weighted by atomic mass is 9.79. The van der Waals surface area contributed by atoms with Gasteiger partial charge in [-0.1, -0.05) is 57.9 Å². The first-order valence-electron chi connectivity index (χ1n) is 13.8. The summed E-state index contributed by atoms with van der Waals surface area (Å²) in [6.07, 6.45) is 7.74. The highest BCUT2D eigenvalue weighted by molar-refractivity contribution is 7.59. The van der Waals surface area contributed by atoms with Crippen LogP contribution in [0, 0.1) is 17.8 Å². The fourth-order valence-corrected chi connectivity index (χ4v) is 5.99. The molecule has 226 valence electrons. The molecule has 1 N–H and O–H groups in total. The van der Waals surface area contributed by atoms with Gasteiger partial charge in [-0.05, 0) is 69.8 Å². The average Bonchev–Trinajstić information content (AvgIpc) is 3.52. The second-order valence-corrected chi connectivity index (χ2v) is 12.5. The highest BCUT2D eigenvalue weighted by Gasteiger charge is 2.51. The van der Waals surface area contributed by atoms with Gasteiger partial charge in [0, 0.05) is 12.0 Å². The van der Waals surface area contributed by atoms with Crippen LogP contribution in [0.1, 0.15) is 92.4 Å². The number of nitrogens with one attached hydrogen (secondary N) is 1. The van der Waals surface area contributed by atoms with Crippen LogP contribution < -0.4 is 5.46 Å². The number of benzene rings is 1. The van der Waals surface area contributed by atoms with Gasteiger partial charge in [-0.25, -0.2) is 4.98 Å². The lowest BCUT2D eigenvalue weighted by Crippen LogP contribution is -2.44. The summed E-state index contributed by atoms with van der Waals surface area (Å²) in [5, 5.41) is 0. The number of amides is 1. The van der Waals surface area contributed by atoms with E-state index in [2.05, 4.69) is 82.6 Å². The average molecular weight is 628 g/mol. The van der Waals surface area contributed by atoms with E-state index >= 15 is 0 Å². The molecule has 1 amide bonds. The molecule has 3 heterocycles. The quantitative estimate of drug-likeness (QED) is 0.416. The molecule has 1 aromatic heterocycles. The normalized spacial score (nSPS) is 25.1. The number of aromatic nitrogens is 2. The Bertz CT molecular complexity index is 1100. The molecule has 1 aliphatic carbocycles. The number of imidazole rings is 1. The Morgan fingerprint density at radius 2 is 1.55 bits per heavy atom. The first kappa shape index (κ1) is 37.3. The van der Waals surface area contributed by atoms with E-state index in [1.165, 1.54) is 19.3 Å². The van der Waals surface area contributed by atoms with Crippen molar-refractivity contribution in [2.45, 2.75) is 104 Å². The standard InChI is InChI=1S/C29H42BN3O3.4H2S/c1-18(2)19(3)27(34)33-24-11-9-8-10-21(24)16-25(33)26-31-17-23(32-26)20-12-14-22(15-13-20)30-35-28(4,5)29(6,7)36-30;;;;/h12-15,17-19,21,24-25H,8-11,16H2,1-7H3,(H,31,32);4*1H2/t19-,21-,24-,25-;;;;/m0..../s1. The summed E-state index contributed by atoms with van der Waals surface area (Å²) in [5.41, 5.74) is 2.34. The van der Waals surface area contributed by atoms with Crippen LogP contribution in [0.25, 0.3) is 11.3 Å². The van der Waals surface area contributed by atoms with Crippen molar-refractivity contribution in [3.8, 4) is 11.3 Å². The molecule has 0 spiro atoms. The van der Waals surface area contributed by atoms with Crippen molar-refractivity contribution >= 4 is 72.5 Å². The molecular weight excluding hydrogens is 577 g/mol. The van der Waals surface area contributed by atoms with Crippen LogP contribution >= 0.6 is 54.0 Å². The molecule has 40 heavy (non-hydrogen) atoms. The van der Waals surface area contributed by atoms with E-state index in [1.807, 2.05) is 6.20 Å². The molecule has 0 radical (unpaired) electrons. The van der Waals surface area contributed by atoms with Crippen LogP contribution in [0.5, 0.6) is 0 Å². The molecule has 4 atom stereocenters. The van der Waals surface area contributed by atoms with E-state index in [4.69, 9.17) is 14.3 Å². The van der Waals surface area contributed by atoms with Crippen molar-refractivity contribution in [2.75, 3.05) is 0 Å². The van der Waals surface area contributed by atoms with Crippen LogP contribution in [-0.4, -0.2) is 45.1 Å². The maximum Gasteiger partial charge on any atom is 0.494 e. The second kappa shape index (κ2) is 14.2. The van der Waals surface area contributed by atoms with Crippen LogP contribution in [0.2, 0.25) is 0 Å². The van der Waals surface area contributed by atoms with Crippen LogP contribution in [-0.2, 0) is 14.1 Å². The number of carbonyl (C=O) groups is 1. The van der Waals surface area contributed by atoms with Gasteiger partial charge in [0.2, 0.25) is 5.91 Å². The van der Waals surface area contributed by atoms with Crippen molar-refractivity contribution in [1.29, 1.82) is 0 Å². The van der Waals surface area contributed by atoms with Crippen LogP contribution in [0.15, 0.2) is 30.5 Å². The minimum atomic E-state index is -0.370. The summed E-state index contributed by atoms with van der Waals surface area (Å²) in [4.78, 5) is 24.2. The van der Waals surface area contributed by atoms with Crippen molar-refractivity contribution in [3.63, 3.8) is 0 Å². The number of aromatic amines is 1. The fraction of sp³-hybridized carbons (Fsp3) is 0.655. The largest absolute Gasteiger partial charge is 0.494 e. The summed E-state index contributed by atoms with van der Waals surface area (Å²) in [7, 11) is -0.370. The van der Waals surface area contributed by atoms with Gasteiger partial charge >= 0.3 is 7.12 Å². The number of H-pyrrole nitrogens is 1. The zero-order chi connectivity index (χ0) is 25.8. The van der Waals surface area contributed by atoms with E-state index in [9.17, 15) is 4.79 Å². The molecule has 1 aromatic carbocycles. The zero-order valence-corrected chi connectivity index (χ0v) is 29.0. The van der Waals surface area contributed by atoms with Crippen LogP contribution in [0.4, 0.5) is 0 Å². The third kappa shape index (κ3) is 6.91. The fourth-order valence-electron chi connectivity index (χ4n) is 5.99. The molecular formula is C29H50BN3O3S4. The predicted molar refractivity (Wildman–Crippen MR) is 185 cm³/mol. The van der Waals surface area contributed by atoms with Gasteiger partial charge in [0.05, 0.1) is 29.1 Å². The Morgan fingerprint density at radius 1 is 0.975 bits per heavy atom. The molecule has 1 saturated carbocycles. The molecule has 6 nitrogen and oxygen atoms in total. The minimum Gasteiger partial charge on any atom is -0.399 e. The first-order valence-corrected chi connectivity index (χ1v) is 13.8. The Labute approximate surface area is 269 Å². The van der Waals surface area contributed by atoms with Crippen LogP contribution in [0.3, 0.4) is 0 Å². The summed E-state index contributed by atoms with van der Waals surface area (Å²) in [5.74, 6) is 2.13. The number of hydrogen-bond acceptors (Lipinski definition) is 4. The monoisotopic (exact) mass is 627 g/mol. The van der Waals surface area contributed by atoms with Gasteiger partial charge in [0.25, 0.3) is 0 Å². The van der Waals surface area contributed by atoms with E-state index < -0.39 is 0 Å². The lowest BCUT2D eigenvalue weighted by Gasteiger charge is -2.36. The SMILES string of the molecule is CC(C)[C@H](C)C(=O)N1[C@H](c2ncc(-c3ccc(B4OC(C)(C)C(C)(C)O4)cc3)[nH]2)C[C@@H]2CCCC[C@@H]21.S.S.S.S. The topological polar surface area (TPSA) is 67.5 Å². The van der Waals surface area contributed by atoms with Gasteiger partial charge in [0.15, 0.2) is 0 Å². The Morgan fingerprint density at radius 3 is 2.12 bits per heavy atom. The Hall–Kier alpha value is -0.715. The van der Waals surface area contributed by atoms with E-state index in [1.54, 1.807) is 0 Å². The van der Waals surface area contributed by atoms with Gasteiger partial charge in [-0.3, -0.25) is 4.79 Å². The van der Waals surface area contributed by atoms with Gasteiger partial charge in [-0.2, -0.15) is 54.0 Å². The number of carbonyl (C=O) groups excluding carboxylic acids is 1. The minimum absolute atomic E-state index is 0. The highest BCUT2D eigenvalue weighted by atomic mass is 32.1. The first-order chi connectivity index (χ1) is 17.0. The molecule has 3 fully saturated rings. The number of rotatable bonds is 5. The second-order valence-electron chi connectivity index (χ2n) is 12.5.